The molecule has 1 aromatic carbocycles. The SMILES string of the molecule is O=C1CCCC(O)=C1Nc1ccc(F)c(F)c1. The largest absolute Gasteiger partial charge is 0.510 e. The molecule has 0 saturated carbocycles. The summed E-state index contributed by atoms with van der Waals surface area (Å²) in [6, 6.07) is 3.21. The highest BCUT2D eigenvalue weighted by molar-refractivity contribution is 5.99. The van der Waals surface area contributed by atoms with Gasteiger partial charge in [0.05, 0.1) is 0 Å². The Kier molecular flexibility index (Phi) is 3.08. The topological polar surface area (TPSA) is 49.3 Å². The number of hydrogen-bond donors (Lipinski definition) is 2. The van der Waals surface area contributed by atoms with Gasteiger partial charge in [0.1, 0.15) is 11.5 Å². The minimum absolute atomic E-state index is 0.0361. The first-order valence-corrected chi connectivity index (χ1v) is 5.25. The molecule has 0 aromatic heterocycles. The molecule has 0 saturated heterocycles. The maximum absolute atomic E-state index is 12.9. The Morgan fingerprint density at radius 3 is 2.59 bits per heavy atom. The molecule has 0 heterocycles. The molecule has 0 bridgehead atoms. The Morgan fingerprint density at radius 2 is 1.94 bits per heavy atom. The number of aliphatic hydroxyl groups excluding tert-OH is 1. The van der Waals surface area contributed by atoms with Crippen LogP contribution in [0.2, 0.25) is 0 Å². The van der Waals surface area contributed by atoms with E-state index in [2.05, 4.69) is 5.32 Å². The van der Waals surface area contributed by atoms with Crippen LogP contribution in [-0.2, 0) is 4.79 Å². The van der Waals surface area contributed by atoms with Gasteiger partial charge in [0, 0.05) is 24.6 Å². The number of Topliss-reactive ketones (excluding diaryl/α,β-unsaturated/α-hetero) is 1. The van der Waals surface area contributed by atoms with Crippen molar-refractivity contribution in [2.24, 2.45) is 0 Å². The number of anilines is 1. The first-order chi connectivity index (χ1) is 8.08. The van der Waals surface area contributed by atoms with Crippen LogP contribution in [0.1, 0.15) is 19.3 Å². The van der Waals surface area contributed by atoms with Gasteiger partial charge in [0.2, 0.25) is 0 Å². The molecule has 0 radical (unpaired) electrons. The summed E-state index contributed by atoms with van der Waals surface area (Å²) >= 11 is 0. The molecule has 2 N–H and O–H groups in total. The highest BCUT2D eigenvalue weighted by Gasteiger charge is 2.20. The molecule has 0 aliphatic heterocycles. The zero-order chi connectivity index (χ0) is 12.4. The van der Waals surface area contributed by atoms with E-state index in [4.69, 9.17) is 0 Å². The molecule has 17 heavy (non-hydrogen) atoms. The Balaban J connectivity index is 2.25. The van der Waals surface area contributed by atoms with Gasteiger partial charge in [-0.25, -0.2) is 8.78 Å². The third kappa shape index (κ3) is 2.43. The Morgan fingerprint density at radius 1 is 1.18 bits per heavy atom. The number of ketones is 1. The third-order valence-corrected chi connectivity index (χ3v) is 2.57. The van der Waals surface area contributed by atoms with Gasteiger partial charge in [0.25, 0.3) is 0 Å². The first kappa shape index (κ1) is 11.6. The summed E-state index contributed by atoms with van der Waals surface area (Å²) in [6.45, 7) is 0. The van der Waals surface area contributed by atoms with Crippen LogP contribution in [-0.4, -0.2) is 10.9 Å². The number of halogens is 2. The molecule has 3 nitrogen and oxygen atoms in total. The molecule has 0 atom stereocenters. The summed E-state index contributed by atoms with van der Waals surface area (Å²) in [7, 11) is 0. The summed E-state index contributed by atoms with van der Waals surface area (Å²) in [4.78, 5) is 11.5. The average Bonchev–Trinajstić information content (AvgIpc) is 2.28. The van der Waals surface area contributed by atoms with E-state index in [1.807, 2.05) is 0 Å². The van der Waals surface area contributed by atoms with E-state index >= 15 is 0 Å². The second kappa shape index (κ2) is 4.53. The molecule has 1 aliphatic carbocycles. The second-order valence-corrected chi connectivity index (χ2v) is 3.85. The Bertz CT molecular complexity index is 497. The first-order valence-electron chi connectivity index (χ1n) is 5.25. The van der Waals surface area contributed by atoms with Gasteiger partial charge < -0.3 is 10.4 Å². The fourth-order valence-corrected chi connectivity index (χ4v) is 1.69. The van der Waals surface area contributed by atoms with Gasteiger partial charge in [-0.15, -0.1) is 0 Å². The van der Waals surface area contributed by atoms with E-state index in [-0.39, 0.29) is 22.9 Å². The van der Waals surface area contributed by atoms with Crippen LogP contribution in [0, 0.1) is 11.6 Å². The lowest BCUT2D eigenvalue weighted by Gasteiger charge is -2.16. The standard InChI is InChI=1S/C12H11F2NO2/c13-8-5-4-7(6-9(8)14)15-12-10(16)2-1-3-11(12)17/h4-6,15-16H,1-3H2. The molecule has 90 valence electrons. The Hall–Kier alpha value is -1.91. The maximum atomic E-state index is 12.9. The molecule has 0 fully saturated rings. The highest BCUT2D eigenvalue weighted by Crippen LogP contribution is 2.22. The maximum Gasteiger partial charge on any atom is 0.182 e. The van der Waals surface area contributed by atoms with E-state index in [0.717, 1.165) is 12.1 Å². The second-order valence-electron chi connectivity index (χ2n) is 3.85. The van der Waals surface area contributed by atoms with Crippen molar-refractivity contribution >= 4 is 11.5 Å². The number of rotatable bonds is 2. The number of aliphatic hydroxyl groups is 1. The van der Waals surface area contributed by atoms with Gasteiger partial charge in [0.15, 0.2) is 17.4 Å². The minimum atomic E-state index is -1.00. The summed E-state index contributed by atoms with van der Waals surface area (Å²) in [5.41, 5.74) is 0.308. The summed E-state index contributed by atoms with van der Waals surface area (Å²) in [5.74, 6) is -2.22. The Labute approximate surface area is 96.8 Å². The highest BCUT2D eigenvalue weighted by atomic mass is 19.2. The van der Waals surface area contributed by atoms with Gasteiger partial charge in [-0.3, -0.25) is 4.79 Å². The molecule has 2 rings (SSSR count). The zero-order valence-corrected chi connectivity index (χ0v) is 8.96. The number of carbonyl (C=O) groups excluding carboxylic acids is 1. The van der Waals surface area contributed by atoms with Crippen molar-refractivity contribution < 1.29 is 18.7 Å². The third-order valence-electron chi connectivity index (χ3n) is 2.57. The molecule has 0 amide bonds. The van der Waals surface area contributed by atoms with E-state index in [9.17, 15) is 18.7 Å². The predicted octanol–water partition coefficient (Wildman–Crippen LogP) is 2.90. The van der Waals surface area contributed by atoms with Crippen molar-refractivity contribution in [3.05, 3.63) is 41.3 Å². The fraction of sp³-hybridized carbons (Fsp3) is 0.250. The summed E-state index contributed by atoms with van der Waals surface area (Å²) < 4.78 is 25.6. The number of benzene rings is 1. The number of allylic oxidation sites excluding steroid dienone is 2. The predicted molar refractivity (Wildman–Crippen MR) is 58.5 cm³/mol. The molecule has 5 heteroatoms. The molecule has 1 aromatic rings. The number of nitrogens with one attached hydrogen (secondary N) is 1. The van der Waals surface area contributed by atoms with Gasteiger partial charge >= 0.3 is 0 Å². The van der Waals surface area contributed by atoms with Crippen molar-refractivity contribution in [2.75, 3.05) is 5.32 Å². The van der Waals surface area contributed by atoms with Crippen molar-refractivity contribution in [1.82, 2.24) is 0 Å². The zero-order valence-electron chi connectivity index (χ0n) is 8.96. The smallest absolute Gasteiger partial charge is 0.182 e. The van der Waals surface area contributed by atoms with Crippen LogP contribution in [0.25, 0.3) is 0 Å². The van der Waals surface area contributed by atoms with Crippen molar-refractivity contribution in [1.29, 1.82) is 0 Å². The molecular weight excluding hydrogens is 228 g/mol. The quantitative estimate of drug-likeness (QED) is 0.834. The molecular formula is C12H11F2NO2. The molecule has 0 unspecified atom stereocenters. The van der Waals surface area contributed by atoms with Crippen LogP contribution in [0.3, 0.4) is 0 Å². The molecule has 0 spiro atoms. The van der Waals surface area contributed by atoms with Crippen LogP contribution in [0.5, 0.6) is 0 Å². The van der Waals surface area contributed by atoms with Crippen LogP contribution >= 0.6 is 0 Å². The lowest BCUT2D eigenvalue weighted by Crippen LogP contribution is -2.18. The van der Waals surface area contributed by atoms with Gasteiger partial charge in [-0.2, -0.15) is 0 Å². The lowest BCUT2D eigenvalue weighted by molar-refractivity contribution is -0.116. The summed E-state index contributed by atoms with van der Waals surface area (Å²) in [5, 5.41) is 12.2. The fourth-order valence-electron chi connectivity index (χ4n) is 1.69. The van der Waals surface area contributed by atoms with Crippen molar-refractivity contribution in [3.8, 4) is 0 Å². The molecule has 1 aliphatic rings. The normalized spacial score (nSPS) is 16.2. The lowest BCUT2D eigenvalue weighted by atomic mass is 10.0. The van der Waals surface area contributed by atoms with Gasteiger partial charge in [-0.05, 0) is 18.6 Å². The minimum Gasteiger partial charge on any atom is -0.510 e. The van der Waals surface area contributed by atoms with E-state index in [0.29, 0.717) is 19.3 Å². The number of carbonyl (C=O) groups is 1. The number of hydrogen-bond acceptors (Lipinski definition) is 3. The summed E-state index contributed by atoms with van der Waals surface area (Å²) in [6.07, 6.45) is 1.36. The average molecular weight is 239 g/mol. The van der Waals surface area contributed by atoms with Crippen LogP contribution in [0.4, 0.5) is 14.5 Å². The van der Waals surface area contributed by atoms with E-state index < -0.39 is 11.6 Å². The van der Waals surface area contributed by atoms with E-state index in [1.165, 1.54) is 6.07 Å². The van der Waals surface area contributed by atoms with Crippen LogP contribution < -0.4 is 5.32 Å². The van der Waals surface area contributed by atoms with Crippen LogP contribution in [0.15, 0.2) is 29.7 Å². The monoisotopic (exact) mass is 239 g/mol. The van der Waals surface area contributed by atoms with E-state index in [1.54, 1.807) is 0 Å². The van der Waals surface area contributed by atoms with Gasteiger partial charge in [-0.1, -0.05) is 0 Å². The van der Waals surface area contributed by atoms with Crippen molar-refractivity contribution in [3.63, 3.8) is 0 Å². The van der Waals surface area contributed by atoms with Crippen molar-refractivity contribution in [2.45, 2.75) is 19.3 Å².